The maximum Gasteiger partial charge on any atom is 0.311 e. The molecule has 7 heteroatoms. The van der Waals surface area contributed by atoms with Crippen molar-refractivity contribution in [2.24, 2.45) is 0 Å². The maximum atomic E-state index is 13.1. The van der Waals surface area contributed by atoms with Crippen molar-refractivity contribution in [3.63, 3.8) is 0 Å². The minimum absolute atomic E-state index is 0.00947. The molecular formula is C27H33NO5Si. The summed E-state index contributed by atoms with van der Waals surface area (Å²) in [6.07, 6.45) is 4.22. The van der Waals surface area contributed by atoms with Gasteiger partial charge in [0.2, 0.25) is 0 Å². The third kappa shape index (κ3) is 5.90. The molecule has 0 spiro atoms. The highest BCUT2D eigenvalue weighted by atomic mass is 28.4. The number of hydrogen-bond donors (Lipinski definition) is 0. The van der Waals surface area contributed by atoms with Gasteiger partial charge in [-0.2, -0.15) is 0 Å². The van der Waals surface area contributed by atoms with Gasteiger partial charge >= 0.3 is 5.97 Å². The summed E-state index contributed by atoms with van der Waals surface area (Å²) in [6, 6.07) is 15.2. The molecule has 2 aromatic carbocycles. The van der Waals surface area contributed by atoms with Crippen molar-refractivity contribution in [2.45, 2.75) is 57.8 Å². The van der Waals surface area contributed by atoms with Gasteiger partial charge in [-0.05, 0) is 48.8 Å². The van der Waals surface area contributed by atoms with Crippen molar-refractivity contribution in [1.29, 1.82) is 0 Å². The summed E-state index contributed by atoms with van der Waals surface area (Å²) < 4.78 is 11.7. The maximum absolute atomic E-state index is 13.1. The van der Waals surface area contributed by atoms with E-state index in [9.17, 15) is 14.4 Å². The summed E-state index contributed by atoms with van der Waals surface area (Å²) in [4.78, 5) is 39.5. The van der Waals surface area contributed by atoms with E-state index in [2.05, 4.69) is 33.9 Å². The molecule has 6 nitrogen and oxygen atoms in total. The van der Waals surface area contributed by atoms with Gasteiger partial charge in [-0.15, -0.1) is 0 Å². The fourth-order valence-electron chi connectivity index (χ4n) is 3.36. The van der Waals surface area contributed by atoms with Crippen LogP contribution in [0.5, 0.6) is 5.75 Å². The first-order chi connectivity index (χ1) is 16.0. The van der Waals surface area contributed by atoms with Crippen LogP contribution < -0.4 is 4.74 Å². The average molecular weight is 480 g/mol. The number of para-hydroxylation sites is 1. The Kier molecular flexibility index (Phi) is 7.89. The van der Waals surface area contributed by atoms with Crippen LogP contribution in [0.4, 0.5) is 0 Å². The van der Waals surface area contributed by atoms with Crippen molar-refractivity contribution in [3.05, 3.63) is 77.9 Å². The number of ether oxygens (including phenoxy) is 1. The van der Waals surface area contributed by atoms with Gasteiger partial charge < -0.3 is 9.16 Å². The van der Waals surface area contributed by atoms with Crippen LogP contribution in [0.2, 0.25) is 18.1 Å². The molecule has 0 radical (unpaired) electrons. The lowest BCUT2D eigenvalue weighted by Gasteiger charge is -2.38. The van der Waals surface area contributed by atoms with E-state index in [1.807, 2.05) is 12.1 Å². The first kappa shape index (κ1) is 25.6. The molecule has 1 aliphatic rings. The van der Waals surface area contributed by atoms with Gasteiger partial charge in [-0.3, -0.25) is 19.3 Å². The second-order valence-corrected chi connectivity index (χ2v) is 14.7. The van der Waals surface area contributed by atoms with Gasteiger partial charge in [0.05, 0.1) is 23.8 Å². The predicted molar refractivity (Wildman–Crippen MR) is 134 cm³/mol. The Bertz CT molecular complexity index is 1040. The Morgan fingerprint density at radius 2 is 1.53 bits per heavy atom. The van der Waals surface area contributed by atoms with E-state index in [1.54, 1.807) is 54.6 Å². The van der Waals surface area contributed by atoms with Crippen LogP contribution >= 0.6 is 0 Å². The highest BCUT2D eigenvalue weighted by molar-refractivity contribution is 6.74. The molecular weight excluding hydrogens is 446 g/mol. The average Bonchev–Trinajstić information content (AvgIpc) is 3.04. The van der Waals surface area contributed by atoms with E-state index < -0.39 is 14.4 Å². The fraction of sp³-hybridized carbons (Fsp3) is 0.370. The molecule has 0 saturated carbocycles. The van der Waals surface area contributed by atoms with E-state index in [0.717, 1.165) is 0 Å². The summed E-state index contributed by atoms with van der Waals surface area (Å²) in [6.45, 7) is 10.9. The Morgan fingerprint density at radius 3 is 2.09 bits per heavy atom. The fourth-order valence-corrected chi connectivity index (χ4v) is 4.38. The van der Waals surface area contributed by atoms with Crippen LogP contribution in [0.3, 0.4) is 0 Å². The van der Waals surface area contributed by atoms with Gasteiger partial charge in [0.25, 0.3) is 11.8 Å². The largest absolute Gasteiger partial charge is 0.427 e. The quantitative estimate of drug-likeness (QED) is 0.154. The minimum atomic E-state index is -2.11. The van der Waals surface area contributed by atoms with E-state index in [-0.39, 0.29) is 35.8 Å². The lowest BCUT2D eigenvalue weighted by atomic mass is 10.1. The van der Waals surface area contributed by atoms with Gasteiger partial charge in [0, 0.05) is 6.42 Å². The summed E-state index contributed by atoms with van der Waals surface area (Å²) in [5, 5.41) is -0.00947. The molecule has 2 amide bonds. The molecule has 1 unspecified atom stereocenters. The van der Waals surface area contributed by atoms with Gasteiger partial charge in [-0.25, -0.2) is 0 Å². The van der Waals surface area contributed by atoms with Crippen LogP contribution in [0.1, 0.15) is 54.3 Å². The highest BCUT2D eigenvalue weighted by Gasteiger charge is 2.42. The summed E-state index contributed by atoms with van der Waals surface area (Å²) in [5.41, 5.74) is 0.814. The molecule has 1 atom stereocenters. The number of carbonyl (C=O) groups excluding carboxylic acids is 3. The lowest BCUT2D eigenvalue weighted by molar-refractivity contribution is -0.134. The van der Waals surface area contributed by atoms with Crippen molar-refractivity contribution in [3.8, 4) is 5.75 Å². The van der Waals surface area contributed by atoms with Crippen molar-refractivity contribution < 1.29 is 23.5 Å². The number of esters is 1. The third-order valence-corrected chi connectivity index (χ3v) is 10.9. The van der Waals surface area contributed by atoms with Crippen LogP contribution in [0.25, 0.3) is 0 Å². The SMILES string of the molecule is CC(C)(C)[Si](C)(C)OCC(C=CCCC(=O)Oc1ccccc1)N1C(=O)c2ccccc2C1=O. The summed E-state index contributed by atoms with van der Waals surface area (Å²) in [7, 11) is -2.11. The monoisotopic (exact) mass is 479 g/mol. The molecule has 0 fully saturated rings. The van der Waals surface area contributed by atoms with Gasteiger partial charge in [0.15, 0.2) is 8.32 Å². The second kappa shape index (κ2) is 10.5. The van der Waals surface area contributed by atoms with Crippen molar-refractivity contribution in [1.82, 2.24) is 4.90 Å². The van der Waals surface area contributed by atoms with Crippen molar-refractivity contribution >= 4 is 26.1 Å². The zero-order valence-corrected chi connectivity index (χ0v) is 21.5. The number of allylic oxidation sites excluding steroid dienone is 1. The topological polar surface area (TPSA) is 72.9 Å². The molecule has 0 aromatic heterocycles. The van der Waals surface area contributed by atoms with E-state index in [4.69, 9.17) is 9.16 Å². The van der Waals surface area contributed by atoms with Crippen LogP contribution in [-0.2, 0) is 9.22 Å². The zero-order valence-electron chi connectivity index (χ0n) is 20.5. The predicted octanol–water partition coefficient (Wildman–Crippen LogP) is 5.62. The number of hydrogen-bond acceptors (Lipinski definition) is 5. The first-order valence-electron chi connectivity index (χ1n) is 11.5. The van der Waals surface area contributed by atoms with E-state index in [1.165, 1.54) is 4.90 Å². The highest BCUT2D eigenvalue weighted by Crippen LogP contribution is 2.37. The number of imide groups is 1. The summed E-state index contributed by atoms with van der Waals surface area (Å²) >= 11 is 0. The van der Waals surface area contributed by atoms with Gasteiger partial charge in [0.1, 0.15) is 5.75 Å². The molecule has 2 aromatic rings. The molecule has 0 aliphatic carbocycles. The smallest absolute Gasteiger partial charge is 0.311 e. The molecule has 3 rings (SSSR count). The second-order valence-electron chi connectivity index (χ2n) is 9.92. The Balaban J connectivity index is 1.71. The van der Waals surface area contributed by atoms with Gasteiger partial charge in [-0.1, -0.05) is 63.3 Å². The molecule has 0 N–H and O–H groups in total. The minimum Gasteiger partial charge on any atom is -0.427 e. The number of nitrogens with zero attached hydrogens (tertiary/aromatic N) is 1. The zero-order chi connectivity index (χ0) is 24.9. The molecule has 180 valence electrons. The van der Waals surface area contributed by atoms with Crippen LogP contribution in [0.15, 0.2) is 66.7 Å². The Labute approximate surface area is 202 Å². The number of amides is 2. The van der Waals surface area contributed by atoms with Crippen LogP contribution in [0, 0.1) is 0 Å². The van der Waals surface area contributed by atoms with E-state index in [0.29, 0.717) is 23.3 Å². The molecule has 0 bridgehead atoms. The molecule has 34 heavy (non-hydrogen) atoms. The first-order valence-corrected chi connectivity index (χ1v) is 14.5. The van der Waals surface area contributed by atoms with Crippen molar-refractivity contribution in [2.75, 3.05) is 6.61 Å². The van der Waals surface area contributed by atoms with Crippen LogP contribution in [-0.4, -0.2) is 43.6 Å². The number of benzene rings is 2. The summed E-state index contributed by atoms with van der Waals surface area (Å²) in [5.74, 6) is -0.482. The molecule has 1 aliphatic heterocycles. The lowest BCUT2D eigenvalue weighted by Crippen LogP contribution is -2.47. The third-order valence-electron chi connectivity index (χ3n) is 6.43. The Morgan fingerprint density at radius 1 is 0.971 bits per heavy atom. The molecule has 1 heterocycles. The molecule has 0 saturated heterocycles. The number of fused-ring (bicyclic) bond motifs is 1. The normalized spacial score (nSPS) is 15.0. The Hall–Kier alpha value is -3.03. The number of carbonyl (C=O) groups is 3. The van der Waals surface area contributed by atoms with E-state index >= 15 is 0 Å². The standard InChI is InChI=1S/C27H33NO5Si/c1-27(2,3)34(4,5)32-19-20(28-25(30)22-16-10-11-17-23(22)26(28)31)13-9-12-18-24(29)33-21-14-7-6-8-15-21/h6-11,13-17,20H,12,18-19H2,1-5H3. The number of rotatable bonds is 9.